The number of benzene rings is 1. The summed E-state index contributed by atoms with van der Waals surface area (Å²) in [4.78, 5) is 7.13. The first-order chi connectivity index (χ1) is 9.19. The minimum atomic E-state index is 0.541. The van der Waals surface area contributed by atoms with E-state index in [2.05, 4.69) is 29.6 Å². The van der Waals surface area contributed by atoms with Crippen LogP contribution in [0.2, 0.25) is 0 Å². The molecule has 0 bridgehead atoms. The second-order valence-electron chi connectivity index (χ2n) is 5.42. The number of piperidine rings is 1. The lowest BCUT2D eigenvalue weighted by Gasteiger charge is -2.28. The van der Waals surface area contributed by atoms with Gasteiger partial charge in [-0.15, -0.1) is 0 Å². The van der Waals surface area contributed by atoms with E-state index >= 15 is 0 Å². The Labute approximate surface area is 113 Å². The molecule has 0 atom stereocenters. The van der Waals surface area contributed by atoms with Crippen LogP contribution in [0.5, 0.6) is 0 Å². The topological polar surface area (TPSA) is 44.9 Å². The van der Waals surface area contributed by atoms with Gasteiger partial charge < -0.3 is 9.47 Å². The van der Waals surface area contributed by atoms with E-state index in [1.807, 2.05) is 18.2 Å². The first kappa shape index (κ1) is 12.2. The third-order valence-electron chi connectivity index (χ3n) is 4.13. The van der Waals surface area contributed by atoms with E-state index in [0.29, 0.717) is 11.5 Å². The zero-order chi connectivity index (χ0) is 13.4. The van der Waals surface area contributed by atoms with E-state index < -0.39 is 0 Å². The molecule has 4 heteroatoms. The van der Waals surface area contributed by atoms with Crippen LogP contribution in [0.3, 0.4) is 0 Å². The van der Waals surface area contributed by atoms with Gasteiger partial charge in [-0.3, -0.25) is 0 Å². The van der Waals surface area contributed by atoms with Gasteiger partial charge in [-0.1, -0.05) is 0 Å². The minimum absolute atomic E-state index is 0.541. The number of nitriles is 1. The highest BCUT2D eigenvalue weighted by Gasteiger charge is 2.23. The van der Waals surface area contributed by atoms with Gasteiger partial charge in [0.25, 0.3) is 0 Å². The highest BCUT2D eigenvalue weighted by molar-refractivity contribution is 5.77. The van der Waals surface area contributed by atoms with Crippen molar-refractivity contribution in [1.82, 2.24) is 14.5 Å². The molecule has 0 unspecified atom stereocenters. The maximum absolute atomic E-state index is 8.96. The number of rotatable bonds is 1. The van der Waals surface area contributed by atoms with Gasteiger partial charge in [0.1, 0.15) is 5.82 Å². The molecule has 2 heterocycles. The Morgan fingerprint density at radius 2 is 2.00 bits per heavy atom. The summed E-state index contributed by atoms with van der Waals surface area (Å²) < 4.78 is 2.19. The SMILES string of the molecule is CN1CCC(c2nc3cc(C#N)ccc3n2C)CC1. The summed E-state index contributed by atoms with van der Waals surface area (Å²) in [6.07, 6.45) is 2.33. The Morgan fingerprint density at radius 3 is 2.68 bits per heavy atom. The number of fused-ring (bicyclic) bond motifs is 1. The molecule has 0 spiro atoms. The average Bonchev–Trinajstić information content (AvgIpc) is 2.76. The number of nitrogens with zero attached hydrogens (tertiary/aromatic N) is 4. The summed E-state index contributed by atoms with van der Waals surface area (Å²) in [5.74, 6) is 1.71. The summed E-state index contributed by atoms with van der Waals surface area (Å²) in [5.41, 5.74) is 2.74. The fourth-order valence-corrected chi connectivity index (χ4v) is 2.92. The van der Waals surface area contributed by atoms with E-state index in [-0.39, 0.29) is 0 Å². The third kappa shape index (κ3) is 2.11. The smallest absolute Gasteiger partial charge is 0.112 e. The van der Waals surface area contributed by atoms with E-state index in [4.69, 9.17) is 10.2 Å². The maximum atomic E-state index is 8.96. The summed E-state index contributed by atoms with van der Waals surface area (Å²) in [7, 11) is 4.25. The van der Waals surface area contributed by atoms with Crippen LogP contribution < -0.4 is 0 Å². The monoisotopic (exact) mass is 254 g/mol. The molecule has 1 saturated heterocycles. The number of imidazole rings is 1. The minimum Gasteiger partial charge on any atom is -0.331 e. The number of likely N-dealkylation sites (tertiary alicyclic amines) is 1. The van der Waals surface area contributed by atoms with Crippen LogP contribution >= 0.6 is 0 Å². The van der Waals surface area contributed by atoms with E-state index in [0.717, 1.165) is 29.9 Å². The molecule has 98 valence electrons. The second-order valence-corrected chi connectivity index (χ2v) is 5.42. The Bertz CT molecular complexity index is 642. The average molecular weight is 254 g/mol. The molecule has 1 aliphatic heterocycles. The molecule has 2 aromatic rings. The first-order valence-electron chi connectivity index (χ1n) is 6.74. The zero-order valence-electron chi connectivity index (χ0n) is 11.4. The van der Waals surface area contributed by atoms with Crippen LogP contribution in [-0.2, 0) is 7.05 Å². The molecule has 1 aliphatic rings. The fraction of sp³-hybridized carbons (Fsp3) is 0.467. The molecule has 0 N–H and O–H groups in total. The summed E-state index contributed by atoms with van der Waals surface area (Å²) in [6, 6.07) is 7.92. The Kier molecular flexibility index (Phi) is 3.00. The Morgan fingerprint density at radius 1 is 1.26 bits per heavy atom. The molecule has 0 saturated carbocycles. The van der Waals surface area contributed by atoms with Crippen molar-refractivity contribution in [2.75, 3.05) is 20.1 Å². The van der Waals surface area contributed by atoms with Crippen LogP contribution in [0, 0.1) is 11.3 Å². The third-order valence-corrected chi connectivity index (χ3v) is 4.13. The largest absolute Gasteiger partial charge is 0.331 e. The van der Waals surface area contributed by atoms with Crippen molar-refractivity contribution in [3.8, 4) is 6.07 Å². The molecule has 1 fully saturated rings. The highest BCUT2D eigenvalue weighted by Crippen LogP contribution is 2.29. The predicted octanol–water partition coefficient (Wildman–Crippen LogP) is 2.25. The van der Waals surface area contributed by atoms with Crippen LogP contribution in [0.4, 0.5) is 0 Å². The molecule has 0 aliphatic carbocycles. The first-order valence-corrected chi connectivity index (χ1v) is 6.74. The Hall–Kier alpha value is -1.86. The van der Waals surface area contributed by atoms with Crippen molar-refractivity contribution in [2.24, 2.45) is 7.05 Å². The van der Waals surface area contributed by atoms with Gasteiger partial charge in [0.2, 0.25) is 0 Å². The molecule has 19 heavy (non-hydrogen) atoms. The fourth-order valence-electron chi connectivity index (χ4n) is 2.92. The lowest BCUT2D eigenvalue weighted by molar-refractivity contribution is 0.250. The zero-order valence-corrected chi connectivity index (χ0v) is 11.4. The van der Waals surface area contributed by atoms with Crippen molar-refractivity contribution in [3.05, 3.63) is 29.6 Å². The van der Waals surface area contributed by atoms with Crippen molar-refractivity contribution in [1.29, 1.82) is 5.26 Å². The van der Waals surface area contributed by atoms with Crippen LogP contribution in [0.1, 0.15) is 30.1 Å². The molecule has 1 aromatic heterocycles. The predicted molar refractivity (Wildman–Crippen MR) is 74.9 cm³/mol. The molecular weight excluding hydrogens is 236 g/mol. The van der Waals surface area contributed by atoms with Gasteiger partial charge in [0, 0.05) is 13.0 Å². The molecule has 1 aromatic carbocycles. The van der Waals surface area contributed by atoms with E-state index in [1.165, 1.54) is 12.8 Å². The lowest BCUT2D eigenvalue weighted by Crippen LogP contribution is -2.30. The molecule has 3 rings (SSSR count). The standard InChI is InChI=1S/C15H18N4/c1-18-7-5-12(6-8-18)15-17-13-9-11(10-16)3-4-14(13)19(15)2/h3-4,9,12H,5-8H2,1-2H3. The summed E-state index contributed by atoms with van der Waals surface area (Å²) in [6.45, 7) is 2.27. The van der Waals surface area contributed by atoms with Crippen LogP contribution in [-0.4, -0.2) is 34.6 Å². The normalized spacial score (nSPS) is 17.7. The molecular formula is C15H18N4. The van der Waals surface area contributed by atoms with Crippen LogP contribution in [0.15, 0.2) is 18.2 Å². The number of aryl methyl sites for hydroxylation is 1. The second kappa shape index (κ2) is 4.67. The number of hydrogen-bond acceptors (Lipinski definition) is 3. The van der Waals surface area contributed by atoms with Crippen LogP contribution in [0.25, 0.3) is 11.0 Å². The van der Waals surface area contributed by atoms with Gasteiger partial charge in [0.15, 0.2) is 0 Å². The quantitative estimate of drug-likeness (QED) is 0.784. The van der Waals surface area contributed by atoms with Gasteiger partial charge in [-0.25, -0.2) is 4.98 Å². The van der Waals surface area contributed by atoms with Gasteiger partial charge in [-0.2, -0.15) is 5.26 Å². The number of hydrogen-bond donors (Lipinski definition) is 0. The van der Waals surface area contributed by atoms with E-state index in [9.17, 15) is 0 Å². The van der Waals surface area contributed by atoms with Gasteiger partial charge >= 0.3 is 0 Å². The summed E-state index contributed by atoms with van der Waals surface area (Å²) >= 11 is 0. The van der Waals surface area contributed by atoms with Crippen molar-refractivity contribution in [3.63, 3.8) is 0 Å². The van der Waals surface area contributed by atoms with Gasteiger partial charge in [-0.05, 0) is 51.2 Å². The molecule has 0 radical (unpaired) electrons. The Balaban J connectivity index is 2.00. The number of aromatic nitrogens is 2. The van der Waals surface area contributed by atoms with Crippen molar-refractivity contribution in [2.45, 2.75) is 18.8 Å². The maximum Gasteiger partial charge on any atom is 0.112 e. The highest BCUT2D eigenvalue weighted by atomic mass is 15.1. The molecule has 4 nitrogen and oxygen atoms in total. The van der Waals surface area contributed by atoms with Crippen molar-refractivity contribution >= 4 is 11.0 Å². The van der Waals surface area contributed by atoms with Crippen molar-refractivity contribution < 1.29 is 0 Å². The lowest BCUT2D eigenvalue weighted by atomic mass is 9.96. The van der Waals surface area contributed by atoms with Gasteiger partial charge in [0.05, 0.1) is 22.7 Å². The summed E-state index contributed by atoms with van der Waals surface area (Å²) in [5, 5.41) is 8.96. The van der Waals surface area contributed by atoms with E-state index in [1.54, 1.807) is 0 Å². The molecule has 0 amide bonds.